The van der Waals surface area contributed by atoms with Crippen LogP contribution in [0.25, 0.3) is 0 Å². The number of pyridine rings is 1. The second-order valence-corrected chi connectivity index (χ2v) is 3.11. The largest absolute Gasteiger partial charge is 0.574 e. The molecular formula is C8H3ClF5NO2. The van der Waals surface area contributed by atoms with Gasteiger partial charge in [0.25, 0.3) is 6.43 Å². The average molecular weight is 276 g/mol. The number of hydrogen-bond donors (Lipinski definition) is 0. The molecule has 1 aromatic rings. The normalized spacial score (nSPS) is 11.7. The second kappa shape index (κ2) is 4.82. The molecule has 0 N–H and O–H groups in total. The van der Waals surface area contributed by atoms with Crippen molar-refractivity contribution in [3.05, 3.63) is 22.3 Å². The second-order valence-electron chi connectivity index (χ2n) is 2.71. The highest BCUT2D eigenvalue weighted by atomic mass is 35.5. The molecule has 0 aliphatic carbocycles. The van der Waals surface area contributed by atoms with E-state index in [1.807, 2.05) is 0 Å². The molecule has 0 saturated heterocycles. The first-order valence-corrected chi connectivity index (χ1v) is 4.32. The zero-order valence-electron chi connectivity index (χ0n) is 7.76. The van der Waals surface area contributed by atoms with Gasteiger partial charge in [0.2, 0.25) is 5.88 Å². The monoisotopic (exact) mass is 275 g/mol. The number of rotatable bonds is 3. The zero-order valence-corrected chi connectivity index (χ0v) is 8.52. The Morgan fingerprint density at radius 3 is 2.41 bits per heavy atom. The van der Waals surface area contributed by atoms with Gasteiger partial charge in [-0.3, -0.25) is 4.79 Å². The summed E-state index contributed by atoms with van der Waals surface area (Å²) in [6.07, 6.45) is -8.31. The summed E-state index contributed by atoms with van der Waals surface area (Å²) >= 11 is 5.31. The highest BCUT2D eigenvalue weighted by Gasteiger charge is 2.33. The van der Waals surface area contributed by atoms with Gasteiger partial charge in [0.1, 0.15) is 5.69 Å². The molecule has 0 spiro atoms. The lowest BCUT2D eigenvalue weighted by Gasteiger charge is -2.11. The number of nitrogens with zero attached hydrogens (tertiary/aromatic N) is 1. The lowest BCUT2D eigenvalue weighted by Crippen LogP contribution is -2.18. The van der Waals surface area contributed by atoms with Crippen LogP contribution in [0.1, 0.15) is 22.5 Å². The molecule has 0 amide bonds. The smallest absolute Gasteiger partial charge is 0.388 e. The fourth-order valence-corrected chi connectivity index (χ4v) is 1.27. The van der Waals surface area contributed by atoms with Crippen molar-refractivity contribution in [1.29, 1.82) is 0 Å². The van der Waals surface area contributed by atoms with E-state index in [0.717, 1.165) is 0 Å². The summed E-state index contributed by atoms with van der Waals surface area (Å²) in [5.74, 6) is -1.08. The van der Waals surface area contributed by atoms with Crippen LogP contribution in [0, 0.1) is 0 Å². The van der Waals surface area contributed by atoms with Gasteiger partial charge in [-0.05, 0) is 0 Å². The first-order chi connectivity index (χ1) is 7.74. The molecule has 1 heterocycles. The number of aldehydes is 1. The van der Waals surface area contributed by atoms with Crippen molar-refractivity contribution in [2.24, 2.45) is 0 Å². The third-order valence-electron chi connectivity index (χ3n) is 1.56. The van der Waals surface area contributed by atoms with E-state index in [9.17, 15) is 26.7 Å². The summed E-state index contributed by atoms with van der Waals surface area (Å²) in [5.41, 5.74) is -1.83. The Hall–Kier alpha value is -1.44. The zero-order chi connectivity index (χ0) is 13.2. The third-order valence-corrected chi connectivity index (χ3v) is 1.88. The standard InChI is InChI=1S/C8H3ClF5NO2/c9-3-1-5(17-8(12,13)14)15-4(2-16)6(3)7(10)11/h1-2,7H. The maximum absolute atomic E-state index is 12.4. The van der Waals surface area contributed by atoms with Gasteiger partial charge in [-0.25, -0.2) is 13.8 Å². The Balaban J connectivity index is 3.23. The van der Waals surface area contributed by atoms with Crippen LogP contribution in [0.4, 0.5) is 22.0 Å². The molecule has 3 nitrogen and oxygen atoms in total. The number of aromatic nitrogens is 1. The topological polar surface area (TPSA) is 39.2 Å². The van der Waals surface area contributed by atoms with Crippen LogP contribution < -0.4 is 4.74 Å². The van der Waals surface area contributed by atoms with Gasteiger partial charge in [-0.1, -0.05) is 11.6 Å². The molecule has 94 valence electrons. The molecule has 0 saturated carbocycles. The number of carbonyl (C=O) groups excluding carboxylic acids is 1. The van der Waals surface area contributed by atoms with Gasteiger partial charge < -0.3 is 4.74 Å². The molecule has 0 aliphatic rings. The molecule has 0 aliphatic heterocycles. The fraction of sp³-hybridized carbons (Fsp3) is 0.250. The molecule has 1 rings (SSSR count). The molecule has 0 bridgehead atoms. The molecule has 0 aromatic carbocycles. The minimum absolute atomic E-state index is 0.128. The van der Waals surface area contributed by atoms with Crippen LogP contribution in [0.15, 0.2) is 6.07 Å². The third kappa shape index (κ3) is 3.52. The van der Waals surface area contributed by atoms with E-state index in [1.54, 1.807) is 0 Å². The molecule has 0 atom stereocenters. The van der Waals surface area contributed by atoms with Crippen LogP contribution in [0.3, 0.4) is 0 Å². The van der Waals surface area contributed by atoms with Crippen molar-refractivity contribution in [3.63, 3.8) is 0 Å². The Bertz CT molecular complexity index is 435. The lowest BCUT2D eigenvalue weighted by atomic mass is 10.2. The van der Waals surface area contributed by atoms with Crippen LogP contribution >= 0.6 is 11.6 Å². The van der Waals surface area contributed by atoms with Gasteiger partial charge in [0.05, 0.1) is 10.6 Å². The summed E-state index contributed by atoms with van der Waals surface area (Å²) in [5, 5.41) is -0.726. The molecule has 0 unspecified atom stereocenters. The maximum atomic E-state index is 12.4. The Morgan fingerprint density at radius 2 is 2.00 bits per heavy atom. The van der Waals surface area contributed by atoms with E-state index in [2.05, 4.69) is 9.72 Å². The van der Waals surface area contributed by atoms with Crippen LogP contribution in [-0.4, -0.2) is 17.6 Å². The van der Waals surface area contributed by atoms with E-state index in [1.165, 1.54) is 0 Å². The molecular weight excluding hydrogens is 273 g/mol. The predicted octanol–water partition coefficient (Wildman–Crippen LogP) is 3.38. The summed E-state index contributed by atoms with van der Waals surface area (Å²) in [4.78, 5) is 13.4. The molecule has 9 heteroatoms. The van der Waals surface area contributed by atoms with Crippen molar-refractivity contribution in [2.45, 2.75) is 12.8 Å². The minimum Gasteiger partial charge on any atom is -0.388 e. The Labute approximate surface area is 96.2 Å². The van der Waals surface area contributed by atoms with E-state index in [4.69, 9.17) is 11.6 Å². The number of halogens is 6. The Morgan fingerprint density at radius 1 is 1.41 bits per heavy atom. The summed E-state index contributed by atoms with van der Waals surface area (Å²) in [6, 6.07) is 0.462. The van der Waals surface area contributed by atoms with Gasteiger partial charge in [-0.15, -0.1) is 13.2 Å². The number of hydrogen-bond acceptors (Lipinski definition) is 3. The van der Waals surface area contributed by atoms with Crippen molar-refractivity contribution in [3.8, 4) is 5.88 Å². The van der Waals surface area contributed by atoms with Crippen LogP contribution in [0.2, 0.25) is 5.02 Å². The number of alkyl halides is 5. The first-order valence-electron chi connectivity index (χ1n) is 3.94. The van der Waals surface area contributed by atoms with Crippen molar-refractivity contribution < 1.29 is 31.5 Å². The van der Waals surface area contributed by atoms with Gasteiger partial charge in [0.15, 0.2) is 6.29 Å². The maximum Gasteiger partial charge on any atom is 0.574 e. The lowest BCUT2D eigenvalue weighted by molar-refractivity contribution is -0.276. The Kier molecular flexibility index (Phi) is 3.87. The van der Waals surface area contributed by atoms with E-state index in [0.29, 0.717) is 6.07 Å². The molecule has 0 radical (unpaired) electrons. The van der Waals surface area contributed by atoms with Crippen LogP contribution in [-0.2, 0) is 0 Å². The SMILES string of the molecule is O=Cc1nc(OC(F)(F)F)cc(Cl)c1C(F)F. The highest BCUT2D eigenvalue weighted by Crippen LogP contribution is 2.32. The predicted molar refractivity (Wildman–Crippen MR) is 46.3 cm³/mol. The molecule has 0 fully saturated rings. The van der Waals surface area contributed by atoms with Crippen molar-refractivity contribution in [2.75, 3.05) is 0 Å². The number of ether oxygens (including phenoxy) is 1. The quantitative estimate of drug-likeness (QED) is 0.627. The van der Waals surface area contributed by atoms with Gasteiger partial charge in [0, 0.05) is 6.07 Å². The summed E-state index contributed by atoms with van der Waals surface area (Å²) < 4.78 is 63.6. The first kappa shape index (κ1) is 13.6. The number of carbonyl (C=O) groups is 1. The van der Waals surface area contributed by atoms with Crippen LogP contribution in [0.5, 0.6) is 5.88 Å². The average Bonchev–Trinajstić information content (AvgIpc) is 2.12. The van der Waals surface area contributed by atoms with Crippen molar-refractivity contribution in [1.82, 2.24) is 4.98 Å². The van der Waals surface area contributed by atoms with E-state index >= 15 is 0 Å². The van der Waals surface area contributed by atoms with Crippen molar-refractivity contribution >= 4 is 17.9 Å². The van der Waals surface area contributed by atoms with E-state index in [-0.39, 0.29) is 6.29 Å². The van der Waals surface area contributed by atoms with Gasteiger partial charge >= 0.3 is 6.36 Å². The summed E-state index contributed by atoms with van der Waals surface area (Å²) in [6.45, 7) is 0. The minimum atomic E-state index is -5.05. The van der Waals surface area contributed by atoms with E-state index < -0.39 is 34.9 Å². The highest BCUT2D eigenvalue weighted by molar-refractivity contribution is 6.31. The fourth-order valence-electron chi connectivity index (χ4n) is 0.996. The van der Waals surface area contributed by atoms with Gasteiger partial charge in [-0.2, -0.15) is 0 Å². The molecule has 1 aromatic heterocycles. The summed E-state index contributed by atoms with van der Waals surface area (Å²) in [7, 11) is 0. The molecule has 17 heavy (non-hydrogen) atoms.